The minimum absolute atomic E-state index is 0.0317. The van der Waals surface area contributed by atoms with Crippen molar-refractivity contribution < 1.29 is 18.8 Å². The summed E-state index contributed by atoms with van der Waals surface area (Å²) in [5, 5.41) is 8.52. The molecule has 128 valence electrons. The Morgan fingerprint density at radius 2 is 2.16 bits per heavy atom. The molecule has 0 bridgehead atoms. The maximum atomic E-state index is 12.5. The van der Waals surface area contributed by atoms with Crippen LogP contribution in [-0.2, 0) is 9.53 Å². The molecule has 0 aliphatic rings. The fraction of sp³-hybridized carbons (Fsp3) is 0.176. The first-order valence-corrected chi connectivity index (χ1v) is 8.34. The van der Waals surface area contributed by atoms with Gasteiger partial charge < -0.3 is 14.6 Å². The molecule has 25 heavy (non-hydrogen) atoms. The van der Waals surface area contributed by atoms with Crippen molar-refractivity contribution in [3.8, 4) is 11.4 Å². The van der Waals surface area contributed by atoms with Gasteiger partial charge in [-0.25, -0.2) is 0 Å². The van der Waals surface area contributed by atoms with Crippen molar-refractivity contribution >= 4 is 23.2 Å². The molecule has 3 aromatic rings. The summed E-state index contributed by atoms with van der Waals surface area (Å²) in [6.07, 6.45) is 1.66. The summed E-state index contributed by atoms with van der Waals surface area (Å²) in [4.78, 5) is 29.1. The number of thiophene rings is 1. The van der Waals surface area contributed by atoms with Crippen LogP contribution in [0.3, 0.4) is 0 Å². The van der Waals surface area contributed by atoms with Crippen LogP contribution in [0, 0.1) is 0 Å². The molecule has 0 radical (unpaired) electrons. The first-order valence-electron chi connectivity index (χ1n) is 7.46. The Labute approximate surface area is 147 Å². The third kappa shape index (κ3) is 4.10. The van der Waals surface area contributed by atoms with E-state index in [2.05, 4.69) is 15.5 Å². The largest absolute Gasteiger partial charge is 0.469 e. The van der Waals surface area contributed by atoms with E-state index in [-0.39, 0.29) is 12.2 Å². The molecule has 7 nitrogen and oxygen atoms in total. The summed E-state index contributed by atoms with van der Waals surface area (Å²) < 4.78 is 9.81. The van der Waals surface area contributed by atoms with E-state index in [9.17, 15) is 9.59 Å². The van der Waals surface area contributed by atoms with Gasteiger partial charge in [-0.1, -0.05) is 17.3 Å². The maximum Gasteiger partial charge on any atom is 0.307 e. The fourth-order valence-corrected chi connectivity index (χ4v) is 2.99. The molecule has 0 fully saturated rings. The molecule has 1 N–H and O–H groups in total. The van der Waals surface area contributed by atoms with Crippen molar-refractivity contribution in [2.24, 2.45) is 0 Å². The third-order valence-electron chi connectivity index (χ3n) is 3.45. The predicted molar refractivity (Wildman–Crippen MR) is 90.9 cm³/mol. The zero-order chi connectivity index (χ0) is 17.6. The quantitative estimate of drug-likeness (QED) is 0.682. The van der Waals surface area contributed by atoms with Crippen LogP contribution in [-0.4, -0.2) is 29.1 Å². The third-order valence-corrected chi connectivity index (χ3v) is 4.44. The van der Waals surface area contributed by atoms with Crippen molar-refractivity contribution in [3.05, 3.63) is 58.6 Å². The number of amides is 1. The number of esters is 1. The average Bonchev–Trinajstić information content (AvgIpc) is 3.33. The number of carbonyl (C=O) groups excluding carboxylic acids is 2. The summed E-state index contributed by atoms with van der Waals surface area (Å²) in [6, 6.07) is 10.1. The highest BCUT2D eigenvalue weighted by Crippen LogP contribution is 2.23. The van der Waals surface area contributed by atoms with Gasteiger partial charge in [-0.3, -0.25) is 14.6 Å². The number of nitrogens with zero attached hydrogens (tertiary/aromatic N) is 2. The van der Waals surface area contributed by atoms with Crippen molar-refractivity contribution in [2.45, 2.75) is 12.5 Å². The van der Waals surface area contributed by atoms with Gasteiger partial charge in [-0.2, -0.15) is 0 Å². The average molecular weight is 357 g/mol. The molecule has 0 aliphatic heterocycles. The van der Waals surface area contributed by atoms with Crippen LogP contribution in [0.4, 0.5) is 0 Å². The molecule has 0 aromatic carbocycles. The van der Waals surface area contributed by atoms with E-state index in [0.717, 1.165) is 4.88 Å². The Kier molecular flexibility index (Phi) is 5.20. The smallest absolute Gasteiger partial charge is 0.307 e. The minimum atomic E-state index is -0.497. The van der Waals surface area contributed by atoms with Gasteiger partial charge in [0.2, 0.25) is 5.76 Å². The second-order valence-electron chi connectivity index (χ2n) is 5.11. The molecule has 0 aliphatic carbocycles. The second-order valence-corrected chi connectivity index (χ2v) is 6.09. The highest BCUT2D eigenvalue weighted by Gasteiger charge is 2.23. The van der Waals surface area contributed by atoms with Crippen molar-refractivity contribution in [1.82, 2.24) is 15.5 Å². The zero-order valence-electron chi connectivity index (χ0n) is 13.3. The molecule has 0 unspecified atom stereocenters. The Hall–Kier alpha value is -3.00. The highest BCUT2D eigenvalue weighted by molar-refractivity contribution is 7.10. The van der Waals surface area contributed by atoms with E-state index < -0.39 is 17.9 Å². The Morgan fingerprint density at radius 3 is 2.84 bits per heavy atom. The first kappa shape index (κ1) is 16.8. The van der Waals surface area contributed by atoms with Gasteiger partial charge in [-0.05, 0) is 23.6 Å². The monoisotopic (exact) mass is 357 g/mol. The van der Waals surface area contributed by atoms with Crippen LogP contribution in [0.2, 0.25) is 0 Å². The number of nitrogens with one attached hydrogen (secondary N) is 1. The molecular weight excluding hydrogens is 342 g/mol. The van der Waals surface area contributed by atoms with Crippen LogP contribution in [0.25, 0.3) is 11.4 Å². The van der Waals surface area contributed by atoms with E-state index in [4.69, 9.17) is 9.26 Å². The lowest BCUT2D eigenvalue weighted by Gasteiger charge is -2.15. The Balaban J connectivity index is 1.75. The van der Waals surface area contributed by atoms with Gasteiger partial charge in [0.15, 0.2) is 0 Å². The van der Waals surface area contributed by atoms with Gasteiger partial charge in [0.05, 0.1) is 25.3 Å². The van der Waals surface area contributed by atoms with Gasteiger partial charge >= 0.3 is 5.97 Å². The minimum Gasteiger partial charge on any atom is -0.469 e. The van der Waals surface area contributed by atoms with Crippen molar-refractivity contribution in [1.29, 1.82) is 0 Å². The maximum absolute atomic E-state index is 12.5. The molecule has 1 amide bonds. The molecule has 1 atom stereocenters. The summed E-state index contributed by atoms with van der Waals surface area (Å²) in [7, 11) is 1.31. The van der Waals surface area contributed by atoms with Gasteiger partial charge in [0.25, 0.3) is 5.91 Å². The number of aromatic nitrogens is 2. The SMILES string of the molecule is COC(=O)C[C@@H](NC(=O)c1cc(-c2ccccn2)no1)c1cccs1. The van der Waals surface area contributed by atoms with Crippen LogP contribution in [0.1, 0.15) is 27.9 Å². The fourth-order valence-electron chi connectivity index (χ4n) is 2.21. The number of rotatable bonds is 6. The number of carbonyl (C=O) groups is 2. The van der Waals surface area contributed by atoms with Crippen LogP contribution in [0.5, 0.6) is 0 Å². The van der Waals surface area contributed by atoms with Crippen molar-refractivity contribution in [3.63, 3.8) is 0 Å². The summed E-state index contributed by atoms with van der Waals surface area (Å²) >= 11 is 1.44. The topological polar surface area (TPSA) is 94.3 Å². The summed E-state index contributed by atoms with van der Waals surface area (Å²) in [5.74, 6) is -0.825. The molecule has 0 saturated carbocycles. The van der Waals surface area contributed by atoms with Crippen molar-refractivity contribution in [2.75, 3.05) is 7.11 Å². The number of ether oxygens (including phenoxy) is 1. The Morgan fingerprint density at radius 1 is 1.28 bits per heavy atom. The van der Waals surface area contributed by atoms with E-state index >= 15 is 0 Å². The van der Waals surface area contributed by atoms with Gasteiger partial charge in [-0.15, -0.1) is 11.3 Å². The van der Waals surface area contributed by atoms with E-state index in [1.807, 2.05) is 23.6 Å². The summed E-state index contributed by atoms with van der Waals surface area (Å²) in [5.41, 5.74) is 1.07. The second kappa shape index (κ2) is 7.71. The molecule has 0 saturated heterocycles. The zero-order valence-corrected chi connectivity index (χ0v) is 14.2. The lowest BCUT2D eigenvalue weighted by atomic mass is 10.1. The lowest BCUT2D eigenvalue weighted by molar-refractivity contribution is -0.141. The van der Waals surface area contributed by atoms with E-state index in [1.54, 1.807) is 18.3 Å². The molecule has 3 rings (SSSR count). The molecule has 3 aromatic heterocycles. The van der Waals surface area contributed by atoms with E-state index in [1.165, 1.54) is 24.5 Å². The normalized spacial score (nSPS) is 11.7. The Bertz CT molecular complexity index is 846. The molecule has 3 heterocycles. The number of pyridine rings is 1. The standard InChI is InChI=1S/C17H15N3O4S/c1-23-16(21)10-13(15-6-4-8-25-15)19-17(22)14-9-12(20-24-14)11-5-2-3-7-18-11/h2-9,13H,10H2,1H3,(H,19,22)/t13-/m1/s1. The predicted octanol–water partition coefficient (Wildman–Crippen LogP) is 2.83. The number of hydrogen-bond donors (Lipinski definition) is 1. The highest BCUT2D eigenvalue weighted by atomic mass is 32.1. The summed E-state index contributed by atoms with van der Waals surface area (Å²) in [6.45, 7) is 0. The number of methoxy groups -OCH3 is 1. The lowest BCUT2D eigenvalue weighted by Crippen LogP contribution is -2.29. The van der Waals surface area contributed by atoms with Crippen LogP contribution in [0.15, 0.2) is 52.5 Å². The first-order chi connectivity index (χ1) is 12.2. The van der Waals surface area contributed by atoms with Gasteiger partial charge in [0.1, 0.15) is 5.69 Å². The molecule has 0 spiro atoms. The van der Waals surface area contributed by atoms with Crippen LogP contribution >= 0.6 is 11.3 Å². The number of hydrogen-bond acceptors (Lipinski definition) is 7. The molecular formula is C17H15N3O4S. The van der Waals surface area contributed by atoms with E-state index in [0.29, 0.717) is 11.4 Å². The van der Waals surface area contributed by atoms with Crippen LogP contribution < -0.4 is 5.32 Å². The molecule has 8 heteroatoms. The van der Waals surface area contributed by atoms with Gasteiger partial charge in [0, 0.05) is 17.1 Å².